The van der Waals surface area contributed by atoms with Crippen LogP contribution in [-0.4, -0.2) is 47.9 Å². The average molecular weight is 507 g/mol. The average Bonchev–Trinajstić information content (AvgIpc) is 2.66. The van der Waals surface area contributed by atoms with Crippen LogP contribution in [0.4, 0.5) is 4.39 Å². The number of carbonyl (C=O) groups is 1. The number of aliphatic carboxylic acids is 1. The zero-order valence-electron chi connectivity index (χ0n) is 22.5. The summed E-state index contributed by atoms with van der Waals surface area (Å²) in [6.07, 6.45) is 2.43. The molecule has 0 amide bonds. The summed E-state index contributed by atoms with van der Waals surface area (Å²) < 4.78 is 20.9. The molecule has 2 rings (SSSR count). The number of rotatable bonds is 9. The van der Waals surface area contributed by atoms with E-state index in [-0.39, 0.29) is 28.8 Å². The highest BCUT2D eigenvalue weighted by Gasteiger charge is 2.42. The van der Waals surface area contributed by atoms with Crippen LogP contribution in [0.1, 0.15) is 71.4 Å². The molecule has 7 heteroatoms. The Bertz CT molecular complexity index is 974. The molecule has 3 N–H and O–H groups in total. The van der Waals surface area contributed by atoms with Crippen LogP contribution in [0.2, 0.25) is 18.1 Å². The molecule has 0 saturated carbocycles. The lowest BCUT2D eigenvalue weighted by molar-refractivity contribution is -0.139. The van der Waals surface area contributed by atoms with E-state index >= 15 is 0 Å². The first-order valence-electron chi connectivity index (χ1n) is 12.4. The van der Waals surface area contributed by atoms with E-state index in [9.17, 15) is 19.4 Å². The molecule has 0 spiro atoms. The Balaban J connectivity index is 2.47. The monoisotopic (exact) mass is 506 g/mol. The number of allylic oxidation sites excluding steroid dienone is 2. The van der Waals surface area contributed by atoms with Gasteiger partial charge in [0.15, 0.2) is 8.32 Å². The van der Waals surface area contributed by atoms with Crippen molar-refractivity contribution in [1.29, 1.82) is 0 Å². The van der Waals surface area contributed by atoms with E-state index in [1.54, 1.807) is 19.1 Å². The van der Waals surface area contributed by atoms with Gasteiger partial charge in [-0.05, 0) is 77.7 Å². The fraction of sp³-hybridized carbons (Fsp3) is 0.607. The van der Waals surface area contributed by atoms with Crippen molar-refractivity contribution < 1.29 is 28.9 Å². The van der Waals surface area contributed by atoms with Gasteiger partial charge in [-0.15, -0.1) is 0 Å². The van der Waals surface area contributed by atoms with E-state index in [4.69, 9.17) is 9.53 Å². The predicted octanol–water partition coefficient (Wildman–Crippen LogP) is 6.24. The molecule has 196 valence electrons. The number of benzene rings is 1. The first-order chi connectivity index (χ1) is 15.9. The summed E-state index contributed by atoms with van der Waals surface area (Å²) in [6.45, 7) is 17.2. The zero-order valence-corrected chi connectivity index (χ0v) is 23.5. The van der Waals surface area contributed by atoms with E-state index in [0.29, 0.717) is 12.0 Å². The van der Waals surface area contributed by atoms with Crippen LogP contribution >= 0.6 is 0 Å². The van der Waals surface area contributed by atoms with Crippen molar-refractivity contribution in [2.24, 2.45) is 5.41 Å². The van der Waals surface area contributed by atoms with Gasteiger partial charge in [-0.1, -0.05) is 52.8 Å². The Morgan fingerprint density at radius 2 is 1.91 bits per heavy atom. The largest absolute Gasteiger partial charge is 0.481 e. The number of carboxylic acids is 1. The Morgan fingerprint density at radius 1 is 1.29 bits per heavy atom. The van der Waals surface area contributed by atoms with E-state index in [1.165, 1.54) is 6.07 Å². The summed E-state index contributed by atoms with van der Waals surface area (Å²) in [5, 5.41) is 29.3. The minimum atomic E-state index is -2.01. The van der Waals surface area contributed by atoms with Crippen molar-refractivity contribution in [3.63, 3.8) is 0 Å². The molecule has 0 aromatic heterocycles. The van der Waals surface area contributed by atoms with Gasteiger partial charge in [-0.3, -0.25) is 4.79 Å². The second-order valence-electron chi connectivity index (χ2n) is 12.1. The maximum atomic E-state index is 14.1. The third kappa shape index (κ3) is 7.84. The second-order valence-corrected chi connectivity index (χ2v) is 16.8. The molecule has 0 unspecified atom stereocenters. The molecule has 5 nitrogen and oxygen atoms in total. The summed E-state index contributed by atoms with van der Waals surface area (Å²) >= 11 is 0. The Hall–Kier alpha value is -1.80. The Morgan fingerprint density at radius 3 is 2.46 bits per heavy atom. The smallest absolute Gasteiger partial charge is 0.305 e. The highest BCUT2D eigenvalue weighted by molar-refractivity contribution is 6.74. The van der Waals surface area contributed by atoms with Gasteiger partial charge in [-0.25, -0.2) is 4.39 Å². The molecule has 0 bridgehead atoms. The van der Waals surface area contributed by atoms with Gasteiger partial charge in [0.25, 0.3) is 0 Å². The first-order valence-corrected chi connectivity index (χ1v) is 15.3. The van der Waals surface area contributed by atoms with Gasteiger partial charge in [0.05, 0.1) is 18.6 Å². The minimum Gasteiger partial charge on any atom is -0.481 e. The maximum Gasteiger partial charge on any atom is 0.305 e. The summed E-state index contributed by atoms with van der Waals surface area (Å²) in [6, 6.07) is 5.14. The molecular formula is C28H43FO5Si. The molecule has 1 aromatic carbocycles. The summed E-state index contributed by atoms with van der Waals surface area (Å²) in [5.41, 5.74) is 3.31. The quantitative estimate of drug-likeness (QED) is 0.345. The number of aliphatic hydroxyl groups excluding tert-OH is 2. The number of halogens is 1. The number of hydrogen-bond acceptors (Lipinski definition) is 4. The molecule has 3 atom stereocenters. The van der Waals surface area contributed by atoms with Crippen molar-refractivity contribution >= 4 is 19.9 Å². The molecule has 0 aliphatic heterocycles. The molecule has 0 fully saturated rings. The van der Waals surface area contributed by atoms with Gasteiger partial charge < -0.3 is 19.7 Å². The topological polar surface area (TPSA) is 87.0 Å². The first kappa shape index (κ1) is 29.4. The molecule has 0 radical (unpaired) electrons. The van der Waals surface area contributed by atoms with Crippen LogP contribution in [-0.2, 0) is 9.22 Å². The predicted molar refractivity (Wildman–Crippen MR) is 141 cm³/mol. The van der Waals surface area contributed by atoms with E-state index in [1.807, 2.05) is 12.1 Å². The summed E-state index contributed by atoms with van der Waals surface area (Å²) in [4.78, 5) is 10.8. The Labute approximate surface area is 210 Å². The van der Waals surface area contributed by atoms with Crippen LogP contribution < -0.4 is 0 Å². The van der Waals surface area contributed by atoms with Crippen LogP contribution in [0.15, 0.2) is 35.9 Å². The third-order valence-corrected chi connectivity index (χ3v) is 11.9. The second kappa shape index (κ2) is 11.1. The van der Waals surface area contributed by atoms with Crippen molar-refractivity contribution in [2.45, 2.75) is 104 Å². The van der Waals surface area contributed by atoms with Crippen molar-refractivity contribution in [1.82, 2.24) is 0 Å². The lowest BCUT2D eigenvalue weighted by atomic mass is 9.69. The van der Waals surface area contributed by atoms with E-state index in [0.717, 1.165) is 23.1 Å². The lowest BCUT2D eigenvalue weighted by Gasteiger charge is -2.45. The van der Waals surface area contributed by atoms with E-state index < -0.39 is 32.9 Å². The highest BCUT2D eigenvalue weighted by Crippen LogP contribution is 2.48. The van der Waals surface area contributed by atoms with Crippen molar-refractivity contribution in [3.05, 3.63) is 52.9 Å². The van der Waals surface area contributed by atoms with Crippen LogP contribution in [0.5, 0.6) is 0 Å². The number of carboxylic acid groups (broad SMARTS) is 1. The fourth-order valence-corrected chi connectivity index (χ4v) is 5.81. The van der Waals surface area contributed by atoms with Crippen molar-refractivity contribution in [2.75, 3.05) is 0 Å². The van der Waals surface area contributed by atoms with Crippen LogP contribution in [0, 0.1) is 18.2 Å². The van der Waals surface area contributed by atoms with Gasteiger partial charge >= 0.3 is 5.97 Å². The molecule has 0 heterocycles. The molecule has 1 aromatic rings. The van der Waals surface area contributed by atoms with Crippen molar-refractivity contribution in [3.8, 4) is 0 Å². The summed E-state index contributed by atoms with van der Waals surface area (Å²) in [7, 11) is -2.01. The third-order valence-electron chi connectivity index (χ3n) is 7.41. The number of aryl methyl sites for hydroxylation is 1. The molecule has 35 heavy (non-hydrogen) atoms. The Kier molecular flexibility index (Phi) is 9.31. The lowest BCUT2D eigenvalue weighted by Crippen LogP contribution is -2.46. The molecule has 1 aliphatic carbocycles. The van der Waals surface area contributed by atoms with Gasteiger partial charge in [0.1, 0.15) is 5.82 Å². The normalized spacial score (nSPS) is 20.8. The van der Waals surface area contributed by atoms with Crippen LogP contribution in [0.25, 0.3) is 5.57 Å². The highest BCUT2D eigenvalue weighted by atomic mass is 28.4. The number of hydrogen-bond donors (Lipinski definition) is 3. The SMILES string of the molecule is Cc1cc(C2=C(/C=C/[C@@H](O)C[C@@H](O)CC(=O)O)C(C)(C)C[C@H](O[Si](C)(C)C(C)(C)C)C2)ccc1F. The summed E-state index contributed by atoms with van der Waals surface area (Å²) in [5.74, 6) is -1.36. The minimum absolute atomic E-state index is 0.0192. The van der Waals surface area contributed by atoms with E-state index in [2.05, 4.69) is 47.7 Å². The standard InChI is InChI=1S/C28H43FO5Si/c1-18-13-19(9-12-25(18)29)23-16-22(34-35(7,8)27(2,3)4)17-28(5,6)24(23)11-10-20(30)14-21(31)15-26(32)33/h9-13,20-22,30-31H,14-17H2,1-8H3,(H,32,33)/b11-10+/t20-,21-,22-/m1/s1. The fourth-order valence-electron chi connectivity index (χ4n) is 4.46. The number of aliphatic hydroxyl groups is 2. The molecule has 0 saturated heterocycles. The maximum absolute atomic E-state index is 14.1. The van der Waals surface area contributed by atoms with Gasteiger partial charge in [-0.2, -0.15) is 0 Å². The zero-order chi connectivity index (χ0) is 26.8. The van der Waals surface area contributed by atoms with Gasteiger partial charge in [0, 0.05) is 12.5 Å². The van der Waals surface area contributed by atoms with Gasteiger partial charge in [0.2, 0.25) is 0 Å². The van der Waals surface area contributed by atoms with Crippen LogP contribution in [0.3, 0.4) is 0 Å². The molecular weight excluding hydrogens is 463 g/mol. The molecule has 1 aliphatic rings.